The summed E-state index contributed by atoms with van der Waals surface area (Å²) >= 11 is 1.15. The number of carbonyl (C=O) groups excluding carboxylic acids is 1. The molecule has 4 aromatic rings. The zero-order chi connectivity index (χ0) is 19.7. The van der Waals surface area contributed by atoms with Gasteiger partial charge in [0, 0.05) is 24.2 Å². The largest absolute Gasteiger partial charge is 0.453 e. The summed E-state index contributed by atoms with van der Waals surface area (Å²) in [4.78, 5) is 12.1. The van der Waals surface area contributed by atoms with Crippen molar-refractivity contribution in [3.63, 3.8) is 0 Å². The summed E-state index contributed by atoms with van der Waals surface area (Å²) in [6.07, 6.45) is 0. The van der Waals surface area contributed by atoms with Crippen molar-refractivity contribution in [1.82, 2.24) is 14.8 Å². The van der Waals surface area contributed by atoms with Crippen LogP contribution in [-0.4, -0.2) is 26.4 Å². The van der Waals surface area contributed by atoms with Gasteiger partial charge in [-0.25, -0.2) is 8.78 Å². The molecule has 9 heteroatoms. The Labute approximate surface area is 162 Å². The number of fused-ring (bicyclic) bond motifs is 1. The summed E-state index contributed by atoms with van der Waals surface area (Å²) < 4.78 is 33.9. The molecule has 0 aliphatic carbocycles. The summed E-state index contributed by atoms with van der Waals surface area (Å²) in [6, 6.07) is 12.3. The number of hydrogen-bond acceptors (Lipinski definition) is 5. The van der Waals surface area contributed by atoms with Gasteiger partial charge < -0.3 is 14.3 Å². The van der Waals surface area contributed by atoms with Gasteiger partial charge in [-0.2, -0.15) is 0 Å². The molecule has 6 nitrogen and oxygen atoms in total. The molecule has 0 fully saturated rings. The standard InChI is InChI=1S/C19H14F2N4O2S/c1-25-18(16-6-11-4-2-3-5-15(11)27-16)23-24-19(25)28-10-17(26)22-14-8-12(20)7-13(21)9-14/h2-9H,10H2,1H3,(H,22,26). The Kier molecular flexibility index (Phi) is 4.82. The molecule has 0 atom stereocenters. The lowest BCUT2D eigenvalue weighted by Gasteiger charge is -2.05. The number of para-hydroxylation sites is 1. The third-order valence-corrected chi connectivity index (χ3v) is 4.98. The number of amides is 1. The van der Waals surface area contributed by atoms with Gasteiger partial charge in [-0.05, 0) is 24.3 Å². The topological polar surface area (TPSA) is 73.0 Å². The number of anilines is 1. The molecule has 0 aliphatic rings. The van der Waals surface area contributed by atoms with Gasteiger partial charge in [0.15, 0.2) is 16.7 Å². The van der Waals surface area contributed by atoms with Crippen LogP contribution in [0.25, 0.3) is 22.6 Å². The predicted molar refractivity (Wildman–Crippen MR) is 102 cm³/mol. The van der Waals surface area contributed by atoms with Gasteiger partial charge in [-0.1, -0.05) is 30.0 Å². The van der Waals surface area contributed by atoms with Gasteiger partial charge in [-0.3, -0.25) is 4.79 Å². The van der Waals surface area contributed by atoms with Crippen LogP contribution in [0.5, 0.6) is 0 Å². The molecular formula is C19H14F2N4O2S. The van der Waals surface area contributed by atoms with Gasteiger partial charge in [0.2, 0.25) is 5.91 Å². The maximum absolute atomic E-state index is 13.2. The maximum atomic E-state index is 13.2. The van der Waals surface area contributed by atoms with Crippen molar-refractivity contribution >= 4 is 34.3 Å². The van der Waals surface area contributed by atoms with Crippen LogP contribution >= 0.6 is 11.8 Å². The number of benzene rings is 2. The minimum Gasteiger partial charge on any atom is -0.453 e. The lowest BCUT2D eigenvalue weighted by Crippen LogP contribution is -2.14. The van der Waals surface area contributed by atoms with E-state index in [1.165, 1.54) is 0 Å². The highest BCUT2D eigenvalue weighted by molar-refractivity contribution is 7.99. The first-order valence-electron chi connectivity index (χ1n) is 8.27. The number of thioether (sulfide) groups is 1. The summed E-state index contributed by atoms with van der Waals surface area (Å²) in [5.74, 6) is -0.819. The molecule has 28 heavy (non-hydrogen) atoms. The van der Waals surface area contributed by atoms with E-state index in [9.17, 15) is 13.6 Å². The van der Waals surface area contributed by atoms with Crippen molar-refractivity contribution in [3.8, 4) is 11.6 Å². The first kappa shape index (κ1) is 18.2. The molecule has 0 radical (unpaired) electrons. The molecule has 0 spiro atoms. The highest BCUT2D eigenvalue weighted by Crippen LogP contribution is 2.28. The quantitative estimate of drug-likeness (QED) is 0.508. The number of rotatable bonds is 5. The summed E-state index contributed by atoms with van der Waals surface area (Å²) in [5, 5.41) is 12.1. The SMILES string of the molecule is Cn1c(SCC(=O)Nc2cc(F)cc(F)c2)nnc1-c1cc2ccccc2o1. The fourth-order valence-corrected chi connectivity index (χ4v) is 3.41. The molecule has 0 unspecified atom stereocenters. The van der Waals surface area contributed by atoms with Crippen LogP contribution in [0.15, 0.2) is 58.1 Å². The van der Waals surface area contributed by atoms with E-state index in [0.29, 0.717) is 16.7 Å². The molecule has 1 amide bonds. The Balaban J connectivity index is 1.45. The average Bonchev–Trinajstić information content (AvgIpc) is 3.22. The van der Waals surface area contributed by atoms with Crippen molar-refractivity contribution in [3.05, 3.63) is 60.2 Å². The van der Waals surface area contributed by atoms with Gasteiger partial charge in [0.1, 0.15) is 17.2 Å². The molecule has 0 saturated heterocycles. The van der Waals surface area contributed by atoms with E-state index in [2.05, 4.69) is 15.5 Å². The molecule has 2 heterocycles. The number of furan rings is 1. The molecule has 2 aromatic carbocycles. The van der Waals surface area contributed by atoms with Crippen LogP contribution in [0.3, 0.4) is 0 Å². The minimum atomic E-state index is -0.758. The minimum absolute atomic E-state index is 0.00420. The number of carbonyl (C=O) groups is 1. The van der Waals surface area contributed by atoms with Crippen LogP contribution in [-0.2, 0) is 11.8 Å². The Morgan fingerprint density at radius 2 is 1.89 bits per heavy atom. The number of aromatic nitrogens is 3. The van der Waals surface area contributed by atoms with Crippen LogP contribution in [0.4, 0.5) is 14.5 Å². The Morgan fingerprint density at radius 3 is 2.64 bits per heavy atom. The van der Waals surface area contributed by atoms with E-state index in [1.807, 2.05) is 30.3 Å². The van der Waals surface area contributed by atoms with E-state index in [1.54, 1.807) is 11.6 Å². The van der Waals surface area contributed by atoms with E-state index in [4.69, 9.17) is 4.42 Å². The predicted octanol–water partition coefficient (Wildman–Crippen LogP) is 4.24. The molecule has 2 aromatic heterocycles. The van der Waals surface area contributed by atoms with Crippen LogP contribution < -0.4 is 5.32 Å². The highest BCUT2D eigenvalue weighted by atomic mass is 32.2. The van der Waals surface area contributed by atoms with Crippen molar-refractivity contribution in [2.45, 2.75) is 5.16 Å². The molecule has 4 rings (SSSR count). The lowest BCUT2D eigenvalue weighted by molar-refractivity contribution is -0.113. The van der Waals surface area contributed by atoms with Crippen molar-refractivity contribution in [2.75, 3.05) is 11.1 Å². The molecule has 0 aliphatic heterocycles. The fraction of sp³-hybridized carbons (Fsp3) is 0.105. The Hall–Kier alpha value is -3.20. The van der Waals surface area contributed by atoms with Gasteiger partial charge in [0.05, 0.1) is 5.75 Å². The van der Waals surface area contributed by atoms with Crippen LogP contribution in [0.1, 0.15) is 0 Å². The second-order valence-electron chi connectivity index (χ2n) is 6.01. The summed E-state index contributed by atoms with van der Waals surface area (Å²) in [6.45, 7) is 0. The van der Waals surface area contributed by atoms with Crippen molar-refractivity contribution < 1.29 is 18.0 Å². The molecule has 1 N–H and O–H groups in total. The monoisotopic (exact) mass is 400 g/mol. The lowest BCUT2D eigenvalue weighted by atomic mass is 10.2. The molecule has 0 saturated carbocycles. The highest BCUT2D eigenvalue weighted by Gasteiger charge is 2.16. The first-order chi connectivity index (χ1) is 13.5. The Bertz CT molecular complexity index is 1120. The third-order valence-electron chi connectivity index (χ3n) is 3.96. The van der Waals surface area contributed by atoms with Crippen LogP contribution in [0.2, 0.25) is 0 Å². The fourth-order valence-electron chi connectivity index (χ4n) is 2.70. The van der Waals surface area contributed by atoms with E-state index >= 15 is 0 Å². The number of nitrogens with one attached hydrogen (secondary N) is 1. The molecular weight excluding hydrogens is 386 g/mol. The van der Waals surface area contributed by atoms with E-state index in [-0.39, 0.29) is 11.4 Å². The number of nitrogens with zero attached hydrogens (tertiary/aromatic N) is 3. The first-order valence-corrected chi connectivity index (χ1v) is 9.25. The second-order valence-corrected chi connectivity index (χ2v) is 6.95. The van der Waals surface area contributed by atoms with Gasteiger partial charge in [0.25, 0.3) is 0 Å². The smallest absolute Gasteiger partial charge is 0.234 e. The van der Waals surface area contributed by atoms with E-state index < -0.39 is 17.5 Å². The summed E-state index contributed by atoms with van der Waals surface area (Å²) in [7, 11) is 1.77. The van der Waals surface area contributed by atoms with Crippen molar-refractivity contribution in [1.29, 1.82) is 0 Å². The number of halogens is 2. The van der Waals surface area contributed by atoms with Gasteiger partial charge in [-0.15, -0.1) is 10.2 Å². The Morgan fingerprint density at radius 1 is 1.14 bits per heavy atom. The van der Waals surface area contributed by atoms with E-state index in [0.717, 1.165) is 40.9 Å². The number of hydrogen-bond donors (Lipinski definition) is 1. The third kappa shape index (κ3) is 3.74. The average molecular weight is 400 g/mol. The summed E-state index contributed by atoms with van der Waals surface area (Å²) in [5.41, 5.74) is 0.806. The zero-order valence-electron chi connectivity index (χ0n) is 14.6. The normalized spacial score (nSPS) is 11.1. The van der Waals surface area contributed by atoms with Crippen molar-refractivity contribution in [2.24, 2.45) is 7.05 Å². The van der Waals surface area contributed by atoms with Crippen LogP contribution in [0, 0.1) is 11.6 Å². The second kappa shape index (κ2) is 7.43. The molecule has 142 valence electrons. The maximum Gasteiger partial charge on any atom is 0.234 e. The molecule has 0 bridgehead atoms. The van der Waals surface area contributed by atoms with Gasteiger partial charge >= 0.3 is 0 Å². The zero-order valence-corrected chi connectivity index (χ0v) is 15.5.